The van der Waals surface area contributed by atoms with Crippen molar-refractivity contribution in [2.75, 3.05) is 23.9 Å². The minimum Gasteiger partial charge on any atom is -0.497 e. The number of nitrogens with zero attached hydrogens (tertiary/aromatic N) is 3. The van der Waals surface area contributed by atoms with Crippen molar-refractivity contribution in [2.24, 2.45) is 0 Å². The number of methoxy groups -OCH3 is 1. The van der Waals surface area contributed by atoms with Gasteiger partial charge in [-0.15, -0.1) is 0 Å². The van der Waals surface area contributed by atoms with Gasteiger partial charge in [0.15, 0.2) is 0 Å². The van der Waals surface area contributed by atoms with Crippen molar-refractivity contribution in [1.82, 2.24) is 9.97 Å². The summed E-state index contributed by atoms with van der Waals surface area (Å²) in [6, 6.07) is 20.1. The zero-order valence-corrected chi connectivity index (χ0v) is 14.5. The second kappa shape index (κ2) is 8.15. The molecular weight excluding hydrogens is 312 g/mol. The third-order valence-corrected chi connectivity index (χ3v) is 3.94. The van der Waals surface area contributed by atoms with E-state index in [1.807, 2.05) is 36.4 Å². The molecule has 0 saturated carbocycles. The van der Waals surface area contributed by atoms with Gasteiger partial charge in [0.2, 0.25) is 0 Å². The summed E-state index contributed by atoms with van der Waals surface area (Å²) in [5.74, 6) is 2.49. The molecule has 25 heavy (non-hydrogen) atoms. The van der Waals surface area contributed by atoms with Crippen molar-refractivity contribution < 1.29 is 4.74 Å². The van der Waals surface area contributed by atoms with Crippen molar-refractivity contribution >= 4 is 17.3 Å². The maximum atomic E-state index is 5.18. The minimum atomic E-state index is 0.765. The van der Waals surface area contributed by atoms with Gasteiger partial charge < -0.3 is 15.0 Å². The van der Waals surface area contributed by atoms with Crippen molar-refractivity contribution in [3.8, 4) is 5.75 Å². The average molecular weight is 334 g/mol. The predicted octanol–water partition coefficient (Wildman–Crippen LogP) is 4.26. The largest absolute Gasteiger partial charge is 0.497 e. The van der Waals surface area contributed by atoms with Gasteiger partial charge in [-0.1, -0.05) is 30.3 Å². The van der Waals surface area contributed by atoms with Gasteiger partial charge in [-0.3, -0.25) is 0 Å². The number of aromatic nitrogens is 2. The van der Waals surface area contributed by atoms with Gasteiger partial charge in [0.05, 0.1) is 7.11 Å². The molecule has 0 aliphatic rings. The molecule has 3 rings (SSSR count). The van der Waals surface area contributed by atoms with Gasteiger partial charge in [0.25, 0.3) is 0 Å². The molecule has 0 spiro atoms. The fraction of sp³-hybridized carbons (Fsp3) is 0.200. The Labute approximate surface area is 148 Å². The summed E-state index contributed by atoms with van der Waals surface area (Å²) in [6.45, 7) is 3.81. The van der Waals surface area contributed by atoms with Crippen LogP contribution in [0.5, 0.6) is 5.75 Å². The molecule has 0 saturated heterocycles. The molecule has 0 atom stereocenters. The summed E-state index contributed by atoms with van der Waals surface area (Å²) in [4.78, 5) is 11.0. The van der Waals surface area contributed by atoms with Crippen LogP contribution in [0.2, 0.25) is 0 Å². The van der Waals surface area contributed by atoms with Crippen molar-refractivity contribution in [1.29, 1.82) is 0 Å². The molecule has 5 heteroatoms. The van der Waals surface area contributed by atoms with E-state index in [0.29, 0.717) is 0 Å². The van der Waals surface area contributed by atoms with E-state index in [-0.39, 0.29) is 0 Å². The Balaban J connectivity index is 1.74. The van der Waals surface area contributed by atoms with Crippen LogP contribution in [0.4, 0.5) is 17.3 Å². The van der Waals surface area contributed by atoms with Crippen LogP contribution in [0.15, 0.2) is 67.0 Å². The van der Waals surface area contributed by atoms with E-state index in [2.05, 4.69) is 51.4 Å². The van der Waals surface area contributed by atoms with Crippen molar-refractivity contribution in [3.63, 3.8) is 0 Å². The summed E-state index contributed by atoms with van der Waals surface area (Å²) >= 11 is 0. The lowest BCUT2D eigenvalue weighted by Gasteiger charge is -2.22. The van der Waals surface area contributed by atoms with Crippen molar-refractivity contribution in [3.05, 3.63) is 72.6 Å². The number of rotatable bonds is 7. The van der Waals surface area contributed by atoms with E-state index in [1.165, 1.54) is 5.56 Å². The number of hydrogen-bond donors (Lipinski definition) is 1. The Kier molecular flexibility index (Phi) is 5.46. The molecule has 5 nitrogen and oxygen atoms in total. The summed E-state index contributed by atoms with van der Waals surface area (Å²) in [5.41, 5.74) is 2.21. The Bertz CT molecular complexity index is 790. The topological polar surface area (TPSA) is 50.3 Å². The van der Waals surface area contributed by atoms with E-state index in [0.717, 1.165) is 36.2 Å². The number of anilines is 3. The molecule has 0 unspecified atom stereocenters. The molecule has 128 valence electrons. The van der Waals surface area contributed by atoms with Gasteiger partial charge in [-0.25, -0.2) is 9.97 Å². The fourth-order valence-electron chi connectivity index (χ4n) is 2.57. The highest BCUT2D eigenvalue weighted by atomic mass is 16.5. The SMILES string of the molecule is CCN(Cc1ccccc1)c1cc(Nc2ccc(OC)cc2)ncn1. The second-order valence-electron chi connectivity index (χ2n) is 5.61. The smallest absolute Gasteiger partial charge is 0.135 e. The van der Waals surface area contributed by atoms with Gasteiger partial charge >= 0.3 is 0 Å². The summed E-state index contributed by atoms with van der Waals surface area (Å²) in [5, 5.41) is 3.31. The van der Waals surface area contributed by atoms with Crippen LogP contribution in [0.3, 0.4) is 0 Å². The molecule has 2 aromatic carbocycles. The standard InChI is InChI=1S/C20H22N4O/c1-3-24(14-16-7-5-4-6-8-16)20-13-19(21-15-22-20)23-17-9-11-18(25-2)12-10-17/h4-13,15H,3,14H2,1-2H3,(H,21,22,23). The van der Waals surface area contributed by atoms with E-state index >= 15 is 0 Å². The van der Waals surface area contributed by atoms with E-state index in [1.54, 1.807) is 13.4 Å². The lowest BCUT2D eigenvalue weighted by molar-refractivity contribution is 0.415. The molecule has 0 amide bonds. The summed E-state index contributed by atoms with van der Waals surface area (Å²) in [7, 11) is 1.66. The van der Waals surface area contributed by atoms with Crippen LogP contribution in [0.25, 0.3) is 0 Å². The van der Waals surface area contributed by atoms with Gasteiger partial charge in [0.1, 0.15) is 23.7 Å². The first-order valence-electron chi connectivity index (χ1n) is 8.30. The van der Waals surface area contributed by atoms with Gasteiger partial charge in [0, 0.05) is 24.8 Å². The monoisotopic (exact) mass is 334 g/mol. The highest BCUT2D eigenvalue weighted by molar-refractivity contribution is 5.60. The predicted molar refractivity (Wildman–Crippen MR) is 101 cm³/mol. The van der Waals surface area contributed by atoms with Crippen LogP contribution in [0.1, 0.15) is 12.5 Å². The van der Waals surface area contributed by atoms with Crippen LogP contribution < -0.4 is 15.0 Å². The normalized spacial score (nSPS) is 10.3. The molecule has 1 aromatic heterocycles. The molecule has 1 heterocycles. The summed E-state index contributed by atoms with van der Waals surface area (Å²) < 4.78 is 5.18. The van der Waals surface area contributed by atoms with Gasteiger partial charge in [-0.05, 0) is 36.8 Å². The molecule has 3 aromatic rings. The van der Waals surface area contributed by atoms with Crippen LogP contribution >= 0.6 is 0 Å². The van der Waals surface area contributed by atoms with E-state index in [9.17, 15) is 0 Å². The van der Waals surface area contributed by atoms with Crippen molar-refractivity contribution in [2.45, 2.75) is 13.5 Å². The molecule has 0 fully saturated rings. The minimum absolute atomic E-state index is 0.765. The second-order valence-corrected chi connectivity index (χ2v) is 5.61. The number of nitrogens with one attached hydrogen (secondary N) is 1. The van der Waals surface area contributed by atoms with Crippen LogP contribution in [-0.2, 0) is 6.54 Å². The molecule has 0 aliphatic carbocycles. The first-order chi connectivity index (χ1) is 12.3. The zero-order valence-electron chi connectivity index (χ0n) is 14.5. The molecule has 0 radical (unpaired) electrons. The summed E-state index contributed by atoms with van der Waals surface area (Å²) in [6.07, 6.45) is 1.59. The van der Waals surface area contributed by atoms with E-state index < -0.39 is 0 Å². The van der Waals surface area contributed by atoms with Gasteiger partial charge in [-0.2, -0.15) is 0 Å². The Morgan fingerprint density at radius 3 is 2.44 bits per heavy atom. The molecule has 0 aliphatic heterocycles. The number of ether oxygens (including phenoxy) is 1. The Hall–Kier alpha value is -3.08. The first kappa shape index (κ1) is 16.8. The highest BCUT2D eigenvalue weighted by Gasteiger charge is 2.08. The average Bonchev–Trinajstić information content (AvgIpc) is 2.68. The quantitative estimate of drug-likeness (QED) is 0.700. The van der Waals surface area contributed by atoms with Crippen LogP contribution in [-0.4, -0.2) is 23.6 Å². The lowest BCUT2D eigenvalue weighted by atomic mass is 10.2. The fourth-order valence-corrected chi connectivity index (χ4v) is 2.57. The number of benzene rings is 2. The Morgan fingerprint density at radius 1 is 1.00 bits per heavy atom. The highest BCUT2D eigenvalue weighted by Crippen LogP contribution is 2.21. The number of hydrogen-bond acceptors (Lipinski definition) is 5. The Morgan fingerprint density at radius 2 is 1.76 bits per heavy atom. The third-order valence-electron chi connectivity index (χ3n) is 3.94. The first-order valence-corrected chi connectivity index (χ1v) is 8.30. The molecular formula is C20H22N4O. The molecule has 0 bridgehead atoms. The van der Waals surface area contributed by atoms with Crippen LogP contribution in [0, 0.1) is 0 Å². The maximum Gasteiger partial charge on any atom is 0.135 e. The van der Waals surface area contributed by atoms with E-state index in [4.69, 9.17) is 4.74 Å². The lowest BCUT2D eigenvalue weighted by Crippen LogP contribution is -2.23. The third kappa shape index (κ3) is 4.47. The molecule has 1 N–H and O–H groups in total. The zero-order chi connectivity index (χ0) is 17.5. The maximum absolute atomic E-state index is 5.18.